The summed E-state index contributed by atoms with van der Waals surface area (Å²) in [7, 11) is -3.53. The summed E-state index contributed by atoms with van der Waals surface area (Å²) in [5, 5.41) is 4.51. The monoisotopic (exact) mass is 441 g/mol. The molecule has 0 saturated carbocycles. The Hall–Kier alpha value is -3.16. The molecule has 3 rings (SSSR count). The Morgan fingerprint density at radius 3 is 2.23 bits per heavy atom. The van der Waals surface area contributed by atoms with E-state index >= 15 is 0 Å². The molecule has 0 aliphatic rings. The van der Waals surface area contributed by atoms with Crippen LogP contribution in [0.25, 0.3) is 0 Å². The van der Waals surface area contributed by atoms with Crippen LogP contribution < -0.4 is 9.73 Å². The summed E-state index contributed by atoms with van der Waals surface area (Å²) in [6.45, 7) is 0.156. The predicted octanol–water partition coefficient (Wildman–Crippen LogP) is 4.07. The summed E-state index contributed by atoms with van der Waals surface area (Å²) in [6, 6.07) is 22.6. The number of hydrogen-bond donors (Lipinski definition) is 1. The van der Waals surface area contributed by atoms with Crippen molar-refractivity contribution in [3.05, 3.63) is 101 Å². The first kappa shape index (κ1) is 21.5. The van der Waals surface area contributed by atoms with Gasteiger partial charge in [-0.1, -0.05) is 54.1 Å². The maximum absolute atomic E-state index is 12.3. The summed E-state index contributed by atoms with van der Waals surface area (Å²) >= 11 is 5.89. The Bertz CT molecular complexity index is 1130. The van der Waals surface area contributed by atoms with E-state index in [2.05, 4.69) is 10.5 Å². The van der Waals surface area contributed by atoms with E-state index in [0.717, 1.165) is 17.4 Å². The zero-order valence-electron chi connectivity index (χ0n) is 16.2. The number of benzene rings is 3. The van der Waals surface area contributed by atoms with Crippen molar-refractivity contribution in [1.82, 2.24) is 5.43 Å². The number of hydrazone groups is 1. The average molecular weight is 442 g/mol. The highest BCUT2D eigenvalue weighted by atomic mass is 35.5. The Labute approximate surface area is 180 Å². The van der Waals surface area contributed by atoms with Crippen molar-refractivity contribution in [3.8, 4) is 0 Å². The highest BCUT2D eigenvalue weighted by Gasteiger charge is 2.18. The molecule has 0 saturated heterocycles. The lowest BCUT2D eigenvalue weighted by Crippen LogP contribution is -2.29. The Morgan fingerprint density at radius 1 is 1.00 bits per heavy atom. The van der Waals surface area contributed by atoms with Crippen LogP contribution in [-0.4, -0.2) is 26.8 Å². The first-order chi connectivity index (χ1) is 14.3. The van der Waals surface area contributed by atoms with Crippen molar-refractivity contribution in [2.24, 2.45) is 5.10 Å². The van der Waals surface area contributed by atoms with Crippen LogP contribution in [0, 0.1) is 0 Å². The van der Waals surface area contributed by atoms with Gasteiger partial charge in [-0.3, -0.25) is 9.10 Å². The summed E-state index contributed by atoms with van der Waals surface area (Å²) in [4.78, 5) is 12.3. The van der Waals surface area contributed by atoms with E-state index in [0.29, 0.717) is 16.3 Å². The molecule has 0 aliphatic carbocycles. The first-order valence-corrected chi connectivity index (χ1v) is 11.3. The molecule has 0 aliphatic heterocycles. The van der Waals surface area contributed by atoms with Crippen LogP contribution >= 0.6 is 11.6 Å². The van der Waals surface area contributed by atoms with Crippen molar-refractivity contribution in [2.45, 2.75) is 6.54 Å². The maximum atomic E-state index is 12.3. The zero-order valence-corrected chi connectivity index (χ0v) is 17.8. The normalized spacial score (nSPS) is 11.4. The van der Waals surface area contributed by atoms with Gasteiger partial charge in [-0.2, -0.15) is 5.10 Å². The number of carbonyl (C=O) groups is 1. The summed E-state index contributed by atoms with van der Waals surface area (Å²) in [6.07, 6.45) is 2.69. The molecular weight excluding hydrogens is 422 g/mol. The van der Waals surface area contributed by atoms with E-state index in [4.69, 9.17) is 11.6 Å². The average Bonchev–Trinajstić information content (AvgIpc) is 2.73. The highest BCUT2D eigenvalue weighted by molar-refractivity contribution is 7.92. The minimum absolute atomic E-state index is 0.156. The van der Waals surface area contributed by atoms with Crippen LogP contribution in [0.3, 0.4) is 0 Å². The molecule has 0 spiro atoms. The van der Waals surface area contributed by atoms with Crippen LogP contribution in [0.15, 0.2) is 84.0 Å². The molecule has 1 amide bonds. The lowest BCUT2D eigenvalue weighted by molar-refractivity contribution is 0.0955. The van der Waals surface area contributed by atoms with Gasteiger partial charge in [0.15, 0.2) is 0 Å². The summed E-state index contributed by atoms with van der Waals surface area (Å²) < 4.78 is 25.9. The minimum Gasteiger partial charge on any atom is -0.267 e. The molecule has 0 unspecified atom stereocenters. The smallest absolute Gasteiger partial charge is 0.267 e. The van der Waals surface area contributed by atoms with Gasteiger partial charge in [0, 0.05) is 10.6 Å². The van der Waals surface area contributed by atoms with E-state index in [1.54, 1.807) is 54.7 Å². The quantitative estimate of drug-likeness (QED) is 0.443. The topological polar surface area (TPSA) is 78.8 Å². The fourth-order valence-corrected chi connectivity index (χ4v) is 3.72. The van der Waals surface area contributed by atoms with Gasteiger partial charge in [-0.05, 0) is 47.5 Å². The third-order valence-electron chi connectivity index (χ3n) is 4.24. The Morgan fingerprint density at radius 2 is 1.63 bits per heavy atom. The molecule has 30 heavy (non-hydrogen) atoms. The van der Waals surface area contributed by atoms with E-state index in [-0.39, 0.29) is 6.54 Å². The third-order valence-corrected chi connectivity index (χ3v) is 5.63. The number of anilines is 1. The third kappa shape index (κ3) is 5.92. The fraction of sp³-hybridized carbons (Fsp3) is 0.0909. The molecule has 0 atom stereocenters. The largest absolute Gasteiger partial charge is 0.271 e. The standard InChI is InChI=1S/C22H20ClN3O3S/c1-30(28,29)26(16-18-7-11-20(23)12-8-18)21-13-9-19(10-14-21)22(27)25-24-15-17-5-3-2-4-6-17/h2-15H,16H2,1H3,(H,25,27)/b24-15-. The molecule has 154 valence electrons. The van der Waals surface area contributed by atoms with E-state index in [9.17, 15) is 13.2 Å². The summed E-state index contributed by atoms with van der Waals surface area (Å²) in [5.41, 5.74) is 4.93. The number of sulfonamides is 1. The van der Waals surface area contributed by atoms with Crippen LogP contribution in [0.4, 0.5) is 5.69 Å². The summed E-state index contributed by atoms with van der Waals surface area (Å²) in [5.74, 6) is -0.391. The van der Waals surface area contributed by atoms with Crippen LogP contribution in [0.1, 0.15) is 21.5 Å². The van der Waals surface area contributed by atoms with Gasteiger partial charge in [0.2, 0.25) is 10.0 Å². The van der Waals surface area contributed by atoms with Crippen molar-refractivity contribution in [2.75, 3.05) is 10.6 Å². The molecule has 0 radical (unpaired) electrons. The molecule has 1 N–H and O–H groups in total. The molecule has 0 aromatic heterocycles. The molecular formula is C22H20ClN3O3S. The number of halogens is 1. The van der Waals surface area contributed by atoms with Gasteiger partial charge in [0.1, 0.15) is 0 Å². The lowest BCUT2D eigenvalue weighted by Gasteiger charge is -2.22. The van der Waals surface area contributed by atoms with Gasteiger partial charge in [-0.15, -0.1) is 0 Å². The van der Waals surface area contributed by atoms with Gasteiger partial charge in [-0.25, -0.2) is 13.8 Å². The number of carbonyl (C=O) groups excluding carboxylic acids is 1. The Kier molecular flexibility index (Phi) is 6.87. The Balaban J connectivity index is 1.72. The first-order valence-electron chi connectivity index (χ1n) is 9.03. The van der Waals surface area contributed by atoms with E-state index in [1.165, 1.54) is 4.31 Å². The van der Waals surface area contributed by atoms with Crippen LogP contribution in [0.2, 0.25) is 5.02 Å². The molecule has 0 fully saturated rings. The highest BCUT2D eigenvalue weighted by Crippen LogP contribution is 2.22. The maximum Gasteiger partial charge on any atom is 0.271 e. The van der Waals surface area contributed by atoms with Gasteiger partial charge in [0.25, 0.3) is 5.91 Å². The molecule has 3 aromatic carbocycles. The van der Waals surface area contributed by atoms with Crippen LogP contribution in [0.5, 0.6) is 0 Å². The van der Waals surface area contributed by atoms with Crippen molar-refractivity contribution < 1.29 is 13.2 Å². The number of rotatable bonds is 7. The van der Waals surface area contributed by atoms with Gasteiger partial charge >= 0.3 is 0 Å². The molecule has 0 heterocycles. The van der Waals surface area contributed by atoms with Crippen molar-refractivity contribution >= 4 is 39.4 Å². The second kappa shape index (κ2) is 9.56. The number of hydrogen-bond acceptors (Lipinski definition) is 4. The number of nitrogens with one attached hydrogen (secondary N) is 1. The van der Waals surface area contributed by atoms with Crippen molar-refractivity contribution in [3.63, 3.8) is 0 Å². The SMILES string of the molecule is CS(=O)(=O)N(Cc1ccc(Cl)cc1)c1ccc(C(=O)N/N=C\c2ccccc2)cc1. The minimum atomic E-state index is -3.53. The number of amides is 1. The molecule has 8 heteroatoms. The lowest BCUT2D eigenvalue weighted by atomic mass is 10.2. The van der Waals surface area contributed by atoms with E-state index < -0.39 is 15.9 Å². The molecule has 3 aromatic rings. The fourth-order valence-electron chi connectivity index (χ4n) is 2.70. The van der Waals surface area contributed by atoms with Gasteiger partial charge in [0.05, 0.1) is 24.7 Å². The second-order valence-corrected chi connectivity index (χ2v) is 8.90. The van der Waals surface area contributed by atoms with E-state index in [1.807, 2.05) is 30.3 Å². The van der Waals surface area contributed by atoms with Crippen LogP contribution in [-0.2, 0) is 16.6 Å². The zero-order chi connectivity index (χ0) is 21.6. The number of nitrogens with zero attached hydrogens (tertiary/aromatic N) is 2. The van der Waals surface area contributed by atoms with Gasteiger partial charge < -0.3 is 0 Å². The van der Waals surface area contributed by atoms with Crippen molar-refractivity contribution in [1.29, 1.82) is 0 Å². The molecule has 6 nitrogen and oxygen atoms in total. The molecule has 0 bridgehead atoms. The predicted molar refractivity (Wildman–Crippen MR) is 120 cm³/mol. The second-order valence-electron chi connectivity index (χ2n) is 6.55.